The largest absolute Gasteiger partial charge is 0.352 e. The Hall–Kier alpha value is -2.48. The monoisotopic (exact) mass is 380 g/mol. The van der Waals surface area contributed by atoms with Crippen LogP contribution >= 0.6 is 11.8 Å². The maximum absolute atomic E-state index is 12.5. The third-order valence-electron chi connectivity index (χ3n) is 5.28. The zero-order valence-corrected chi connectivity index (χ0v) is 15.7. The first-order valence-electron chi connectivity index (χ1n) is 9.30. The summed E-state index contributed by atoms with van der Waals surface area (Å²) in [6, 6.07) is 5.95. The quantitative estimate of drug-likeness (QED) is 0.688. The molecule has 1 atom stereocenters. The summed E-state index contributed by atoms with van der Waals surface area (Å²) in [5.74, 6) is 2.87. The third kappa shape index (κ3) is 3.18. The molecule has 7 nitrogen and oxygen atoms in total. The van der Waals surface area contributed by atoms with Gasteiger partial charge in [-0.15, -0.1) is 0 Å². The zero-order valence-electron chi connectivity index (χ0n) is 14.9. The van der Waals surface area contributed by atoms with Gasteiger partial charge in [-0.05, 0) is 36.3 Å². The van der Waals surface area contributed by atoms with Crippen LogP contribution in [0, 0.1) is 0 Å². The molecule has 27 heavy (non-hydrogen) atoms. The number of rotatable bonds is 3. The molecular weight excluding hydrogens is 360 g/mol. The van der Waals surface area contributed by atoms with E-state index in [0.29, 0.717) is 12.2 Å². The van der Waals surface area contributed by atoms with Crippen LogP contribution in [-0.2, 0) is 18.7 Å². The van der Waals surface area contributed by atoms with E-state index in [1.807, 2.05) is 23.9 Å². The van der Waals surface area contributed by atoms with Crippen molar-refractivity contribution in [3.63, 3.8) is 0 Å². The molecule has 0 aliphatic carbocycles. The van der Waals surface area contributed by atoms with Gasteiger partial charge in [-0.3, -0.25) is 9.78 Å². The van der Waals surface area contributed by atoms with Gasteiger partial charge in [0.25, 0.3) is 5.56 Å². The van der Waals surface area contributed by atoms with E-state index in [9.17, 15) is 4.79 Å². The normalized spacial score (nSPS) is 19.4. The average Bonchev–Trinajstić information content (AvgIpc) is 3.16. The summed E-state index contributed by atoms with van der Waals surface area (Å²) in [4.78, 5) is 28.1. The molecule has 0 radical (unpaired) electrons. The first-order chi connectivity index (χ1) is 13.3. The van der Waals surface area contributed by atoms with E-state index in [2.05, 4.69) is 25.0 Å². The number of fused-ring (bicyclic) bond motifs is 2. The van der Waals surface area contributed by atoms with E-state index in [1.54, 1.807) is 23.1 Å². The summed E-state index contributed by atoms with van der Waals surface area (Å²) < 4.78 is 1.65. The molecule has 138 valence electrons. The number of hydrogen-bond donors (Lipinski definition) is 0. The molecule has 0 N–H and O–H groups in total. The lowest BCUT2D eigenvalue weighted by Gasteiger charge is -2.26. The zero-order chi connectivity index (χ0) is 18.2. The van der Waals surface area contributed by atoms with E-state index in [0.717, 1.165) is 59.9 Å². The summed E-state index contributed by atoms with van der Waals surface area (Å²) in [5, 5.41) is 4.68. The van der Waals surface area contributed by atoms with E-state index in [1.165, 1.54) is 0 Å². The molecule has 5 rings (SSSR count). The molecule has 2 aliphatic rings. The molecule has 0 spiro atoms. The number of hydrogen-bond acceptors (Lipinski definition) is 7. The predicted molar refractivity (Wildman–Crippen MR) is 106 cm³/mol. The Morgan fingerprint density at radius 3 is 3.11 bits per heavy atom. The van der Waals surface area contributed by atoms with Gasteiger partial charge in [0.2, 0.25) is 0 Å². The highest BCUT2D eigenvalue weighted by Gasteiger charge is 2.27. The van der Waals surface area contributed by atoms with Crippen LogP contribution in [0.2, 0.25) is 0 Å². The number of aromatic nitrogens is 5. The van der Waals surface area contributed by atoms with E-state index >= 15 is 0 Å². The van der Waals surface area contributed by atoms with Gasteiger partial charge >= 0.3 is 0 Å². The standard InChI is InChI=1S/C19H20N6OS/c26-18-10-13-12-27-9-5-15(13)23-25(18)11-14-2-1-8-24(14)17-4-3-16-19(22-17)21-7-6-20-16/h3-4,6-7,10,14H,1-2,5,8-9,11-12H2. The molecule has 0 aromatic carbocycles. The Morgan fingerprint density at radius 1 is 1.22 bits per heavy atom. The molecule has 1 unspecified atom stereocenters. The number of nitrogens with zero attached hydrogens (tertiary/aromatic N) is 6. The number of anilines is 1. The van der Waals surface area contributed by atoms with Gasteiger partial charge in [-0.25, -0.2) is 14.6 Å². The number of thioether (sulfide) groups is 1. The molecule has 3 aromatic heterocycles. The summed E-state index contributed by atoms with van der Waals surface area (Å²) in [7, 11) is 0. The average molecular weight is 380 g/mol. The molecular formula is C19H20N6OS. The molecule has 1 saturated heterocycles. The second-order valence-electron chi connectivity index (χ2n) is 7.00. The fraction of sp³-hybridized carbons (Fsp3) is 0.421. The molecule has 3 aromatic rings. The van der Waals surface area contributed by atoms with Gasteiger partial charge in [-0.1, -0.05) is 0 Å². The van der Waals surface area contributed by atoms with Crippen molar-refractivity contribution in [2.45, 2.75) is 37.6 Å². The van der Waals surface area contributed by atoms with Gasteiger partial charge in [0.1, 0.15) is 11.3 Å². The van der Waals surface area contributed by atoms with Crippen molar-refractivity contribution in [3.8, 4) is 0 Å². The SMILES string of the molecule is O=c1cc2c(nn1CC1CCCN1c1ccc3nccnc3n1)CCSC2. The van der Waals surface area contributed by atoms with Crippen molar-refractivity contribution in [3.05, 3.63) is 52.2 Å². The maximum Gasteiger partial charge on any atom is 0.267 e. The van der Waals surface area contributed by atoms with Crippen LogP contribution in [0.4, 0.5) is 5.82 Å². The van der Waals surface area contributed by atoms with Crippen molar-refractivity contribution in [2.75, 3.05) is 17.2 Å². The highest BCUT2D eigenvalue weighted by molar-refractivity contribution is 7.98. The van der Waals surface area contributed by atoms with Crippen LogP contribution < -0.4 is 10.5 Å². The lowest BCUT2D eigenvalue weighted by molar-refractivity contribution is 0.480. The Balaban J connectivity index is 1.43. The van der Waals surface area contributed by atoms with Gasteiger partial charge in [-0.2, -0.15) is 16.9 Å². The first kappa shape index (κ1) is 16.7. The summed E-state index contributed by atoms with van der Waals surface area (Å²) in [6.07, 6.45) is 6.40. The van der Waals surface area contributed by atoms with Crippen molar-refractivity contribution in [1.29, 1.82) is 0 Å². The maximum atomic E-state index is 12.5. The molecule has 1 fully saturated rings. The summed E-state index contributed by atoms with van der Waals surface area (Å²) >= 11 is 1.87. The minimum absolute atomic E-state index is 0.000405. The van der Waals surface area contributed by atoms with Crippen molar-refractivity contribution < 1.29 is 0 Å². The third-order valence-corrected chi connectivity index (χ3v) is 6.28. The van der Waals surface area contributed by atoms with E-state index < -0.39 is 0 Å². The van der Waals surface area contributed by atoms with Crippen LogP contribution in [0.5, 0.6) is 0 Å². The van der Waals surface area contributed by atoms with Gasteiger partial charge in [0.05, 0.1) is 18.3 Å². The Bertz CT molecular complexity index is 1050. The second-order valence-corrected chi connectivity index (χ2v) is 8.10. The van der Waals surface area contributed by atoms with Crippen molar-refractivity contribution in [1.82, 2.24) is 24.7 Å². The fourth-order valence-electron chi connectivity index (χ4n) is 3.91. The van der Waals surface area contributed by atoms with Crippen LogP contribution in [0.15, 0.2) is 35.4 Å². The summed E-state index contributed by atoms with van der Waals surface area (Å²) in [5.41, 5.74) is 3.63. The minimum Gasteiger partial charge on any atom is -0.352 e. The van der Waals surface area contributed by atoms with Gasteiger partial charge < -0.3 is 4.90 Å². The highest BCUT2D eigenvalue weighted by atomic mass is 32.2. The lowest BCUT2D eigenvalue weighted by atomic mass is 10.2. The Morgan fingerprint density at radius 2 is 2.15 bits per heavy atom. The molecule has 0 amide bonds. The molecule has 0 saturated carbocycles. The highest BCUT2D eigenvalue weighted by Crippen LogP contribution is 2.26. The van der Waals surface area contributed by atoms with Crippen LogP contribution in [-0.4, -0.2) is 43.1 Å². The molecule has 0 bridgehead atoms. The van der Waals surface area contributed by atoms with E-state index in [-0.39, 0.29) is 11.6 Å². The molecule has 5 heterocycles. The van der Waals surface area contributed by atoms with Crippen LogP contribution in [0.1, 0.15) is 24.1 Å². The van der Waals surface area contributed by atoms with E-state index in [4.69, 9.17) is 0 Å². The number of aryl methyl sites for hydroxylation is 1. The smallest absolute Gasteiger partial charge is 0.267 e. The Labute approximate surface area is 160 Å². The van der Waals surface area contributed by atoms with Crippen LogP contribution in [0.25, 0.3) is 11.2 Å². The fourth-order valence-corrected chi connectivity index (χ4v) is 4.87. The summed E-state index contributed by atoms with van der Waals surface area (Å²) in [6.45, 7) is 1.53. The van der Waals surface area contributed by atoms with Crippen molar-refractivity contribution in [2.24, 2.45) is 0 Å². The van der Waals surface area contributed by atoms with Gasteiger partial charge in [0.15, 0.2) is 5.65 Å². The lowest BCUT2D eigenvalue weighted by Crippen LogP contribution is -2.38. The van der Waals surface area contributed by atoms with Gasteiger partial charge in [0, 0.05) is 37.2 Å². The topological polar surface area (TPSA) is 76.8 Å². The second kappa shape index (κ2) is 6.92. The first-order valence-corrected chi connectivity index (χ1v) is 10.5. The Kier molecular flexibility index (Phi) is 4.27. The van der Waals surface area contributed by atoms with Crippen LogP contribution in [0.3, 0.4) is 0 Å². The number of pyridine rings is 1. The predicted octanol–water partition coefficient (Wildman–Crippen LogP) is 2.04. The molecule has 8 heteroatoms. The minimum atomic E-state index is 0.000405. The molecule has 2 aliphatic heterocycles. The van der Waals surface area contributed by atoms with Crippen molar-refractivity contribution >= 4 is 28.7 Å².